The fourth-order valence-electron chi connectivity index (χ4n) is 3.47. The highest BCUT2D eigenvalue weighted by atomic mass is 16.5. The van der Waals surface area contributed by atoms with Crippen molar-refractivity contribution in [2.24, 2.45) is 0 Å². The van der Waals surface area contributed by atoms with Crippen LogP contribution in [0.4, 0.5) is 0 Å². The van der Waals surface area contributed by atoms with Crippen LogP contribution >= 0.6 is 0 Å². The fraction of sp³-hybridized carbons (Fsp3) is 0.632. The van der Waals surface area contributed by atoms with Gasteiger partial charge in [-0.15, -0.1) is 0 Å². The van der Waals surface area contributed by atoms with Gasteiger partial charge in [0.2, 0.25) is 5.91 Å². The molecule has 2 fully saturated rings. The Morgan fingerprint density at radius 2 is 2.04 bits per heavy atom. The SMILES string of the molecule is Cc1ccc(CC(=O)N(CCN2CCOCC2)C2CCNC2)cc1. The van der Waals surface area contributed by atoms with Gasteiger partial charge in [-0.25, -0.2) is 0 Å². The second-order valence-electron chi connectivity index (χ2n) is 6.85. The minimum absolute atomic E-state index is 0.251. The Morgan fingerprint density at radius 3 is 2.71 bits per heavy atom. The summed E-state index contributed by atoms with van der Waals surface area (Å²) < 4.78 is 5.41. The van der Waals surface area contributed by atoms with Crippen LogP contribution in [0.2, 0.25) is 0 Å². The van der Waals surface area contributed by atoms with Gasteiger partial charge in [-0.1, -0.05) is 29.8 Å². The van der Waals surface area contributed by atoms with E-state index in [1.165, 1.54) is 5.56 Å². The Bertz CT molecular complexity index is 520. The highest BCUT2D eigenvalue weighted by molar-refractivity contribution is 5.79. The highest BCUT2D eigenvalue weighted by Crippen LogP contribution is 2.13. The predicted octanol–water partition coefficient (Wildman–Crippen LogP) is 1.06. The van der Waals surface area contributed by atoms with Crippen molar-refractivity contribution in [3.8, 4) is 0 Å². The minimum atomic E-state index is 0.251. The molecule has 24 heavy (non-hydrogen) atoms. The van der Waals surface area contributed by atoms with Gasteiger partial charge in [0, 0.05) is 38.8 Å². The molecule has 1 amide bonds. The van der Waals surface area contributed by atoms with E-state index in [9.17, 15) is 4.79 Å². The van der Waals surface area contributed by atoms with E-state index in [0.29, 0.717) is 12.5 Å². The van der Waals surface area contributed by atoms with Gasteiger partial charge < -0.3 is 15.0 Å². The summed E-state index contributed by atoms with van der Waals surface area (Å²) in [7, 11) is 0. The Morgan fingerprint density at radius 1 is 1.29 bits per heavy atom. The predicted molar refractivity (Wildman–Crippen MR) is 95.1 cm³/mol. The molecule has 0 spiro atoms. The maximum atomic E-state index is 12.9. The summed E-state index contributed by atoms with van der Waals surface area (Å²) in [5.74, 6) is 0.251. The molecule has 2 heterocycles. The third-order valence-electron chi connectivity index (χ3n) is 5.03. The van der Waals surface area contributed by atoms with Crippen molar-refractivity contribution in [1.29, 1.82) is 0 Å². The lowest BCUT2D eigenvalue weighted by atomic mass is 10.1. The molecular weight excluding hydrogens is 302 g/mol. The van der Waals surface area contributed by atoms with Gasteiger partial charge in [0.25, 0.3) is 0 Å². The molecule has 0 aliphatic carbocycles. The summed E-state index contributed by atoms with van der Waals surface area (Å²) >= 11 is 0. The summed E-state index contributed by atoms with van der Waals surface area (Å²) in [5.41, 5.74) is 2.34. The van der Waals surface area contributed by atoms with Gasteiger partial charge in [-0.05, 0) is 25.5 Å². The number of amides is 1. The van der Waals surface area contributed by atoms with Crippen molar-refractivity contribution in [1.82, 2.24) is 15.1 Å². The zero-order valence-electron chi connectivity index (χ0n) is 14.7. The molecule has 0 saturated carbocycles. The standard InChI is InChI=1S/C19H29N3O2/c1-16-2-4-17(5-3-16)14-19(23)22(18-6-7-20-15-18)9-8-21-10-12-24-13-11-21/h2-5,18,20H,6-15H2,1H3. The van der Waals surface area contributed by atoms with Crippen LogP contribution in [0.25, 0.3) is 0 Å². The van der Waals surface area contributed by atoms with Crippen LogP contribution in [-0.4, -0.2) is 74.2 Å². The first-order valence-corrected chi connectivity index (χ1v) is 9.08. The quantitative estimate of drug-likeness (QED) is 0.847. The molecule has 5 heteroatoms. The molecule has 3 rings (SSSR count). The molecule has 0 radical (unpaired) electrons. The molecule has 132 valence electrons. The lowest BCUT2D eigenvalue weighted by Crippen LogP contribution is -2.48. The number of carbonyl (C=O) groups excluding carboxylic acids is 1. The van der Waals surface area contributed by atoms with Gasteiger partial charge in [-0.2, -0.15) is 0 Å². The van der Waals surface area contributed by atoms with E-state index in [2.05, 4.69) is 46.3 Å². The van der Waals surface area contributed by atoms with Crippen LogP contribution in [0.15, 0.2) is 24.3 Å². The van der Waals surface area contributed by atoms with Crippen LogP contribution in [0, 0.1) is 6.92 Å². The van der Waals surface area contributed by atoms with Crippen LogP contribution in [0.1, 0.15) is 17.5 Å². The first kappa shape index (κ1) is 17.4. The molecule has 2 saturated heterocycles. The van der Waals surface area contributed by atoms with Crippen LogP contribution in [0.3, 0.4) is 0 Å². The van der Waals surface area contributed by atoms with Crippen molar-refractivity contribution in [2.45, 2.75) is 25.8 Å². The number of carbonyl (C=O) groups is 1. The number of benzene rings is 1. The van der Waals surface area contributed by atoms with Gasteiger partial charge in [0.15, 0.2) is 0 Å². The van der Waals surface area contributed by atoms with Crippen LogP contribution in [-0.2, 0) is 16.0 Å². The molecule has 0 bridgehead atoms. The van der Waals surface area contributed by atoms with Gasteiger partial charge in [-0.3, -0.25) is 9.69 Å². The molecule has 1 N–H and O–H groups in total. The fourth-order valence-corrected chi connectivity index (χ4v) is 3.47. The van der Waals surface area contributed by atoms with E-state index in [1.807, 2.05) is 0 Å². The van der Waals surface area contributed by atoms with Crippen molar-refractivity contribution in [2.75, 3.05) is 52.5 Å². The van der Waals surface area contributed by atoms with Gasteiger partial charge in [0.05, 0.1) is 19.6 Å². The Hall–Kier alpha value is -1.43. The molecular formula is C19H29N3O2. The van der Waals surface area contributed by atoms with Crippen LogP contribution in [0.5, 0.6) is 0 Å². The lowest BCUT2D eigenvalue weighted by Gasteiger charge is -2.33. The maximum Gasteiger partial charge on any atom is 0.227 e. The monoisotopic (exact) mass is 331 g/mol. The Kier molecular flexibility index (Phi) is 6.24. The van der Waals surface area contributed by atoms with E-state index >= 15 is 0 Å². The second-order valence-corrected chi connectivity index (χ2v) is 6.85. The summed E-state index contributed by atoms with van der Waals surface area (Å²) in [4.78, 5) is 17.4. The summed E-state index contributed by atoms with van der Waals surface area (Å²) in [5, 5.41) is 3.39. The Labute approximate surface area is 145 Å². The summed E-state index contributed by atoms with van der Waals surface area (Å²) in [6.45, 7) is 9.33. The smallest absolute Gasteiger partial charge is 0.227 e. The summed E-state index contributed by atoms with van der Waals surface area (Å²) in [6.07, 6.45) is 1.56. The van der Waals surface area contributed by atoms with Gasteiger partial charge >= 0.3 is 0 Å². The number of ether oxygens (including phenoxy) is 1. The molecule has 1 atom stereocenters. The van der Waals surface area contributed by atoms with E-state index in [1.54, 1.807) is 0 Å². The molecule has 1 unspecified atom stereocenters. The number of hydrogen-bond donors (Lipinski definition) is 1. The number of hydrogen-bond acceptors (Lipinski definition) is 4. The zero-order chi connectivity index (χ0) is 16.8. The first-order valence-electron chi connectivity index (χ1n) is 9.08. The van der Waals surface area contributed by atoms with Crippen molar-refractivity contribution < 1.29 is 9.53 Å². The number of nitrogens with one attached hydrogen (secondary N) is 1. The largest absolute Gasteiger partial charge is 0.379 e. The molecule has 2 aliphatic rings. The molecule has 5 nitrogen and oxygen atoms in total. The molecule has 1 aromatic rings. The third kappa shape index (κ3) is 4.79. The third-order valence-corrected chi connectivity index (χ3v) is 5.03. The van der Waals surface area contributed by atoms with E-state index in [-0.39, 0.29) is 5.91 Å². The van der Waals surface area contributed by atoms with Gasteiger partial charge in [0.1, 0.15) is 0 Å². The van der Waals surface area contributed by atoms with Crippen molar-refractivity contribution in [3.05, 3.63) is 35.4 Å². The Balaban J connectivity index is 1.59. The summed E-state index contributed by atoms with van der Waals surface area (Å²) in [6, 6.07) is 8.64. The number of morpholine rings is 1. The lowest BCUT2D eigenvalue weighted by molar-refractivity contribution is -0.132. The van der Waals surface area contributed by atoms with E-state index in [0.717, 1.165) is 64.5 Å². The second kappa shape index (κ2) is 8.60. The molecule has 1 aromatic carbocycles. The minimum Gasteiger partial charge on any atom is -0.379 e. The molecule has 2 aliphatic heterocycles. The maximum absolute atomic E-state index is 12.9. The van der Waals surface area contributed by atoms with E-state index < -0.39 is 0 Å². The average Bonchev–Trinajstić information content (AvgIpc) is 3.12. The number of nitrogens with zero attached hydrogens (tertiary/aromatic N) is 2. The average molecular weight is 331 g/mol. The highest BCUT2D eigenvalue weighted by Gasteiger charge is 2.27. The van der Waals surface area contributed by atoms with Crippen LogP contribution < -0.4 is 5.32 Å². The number of rotatable bonds is 6. The zero-order valence-corrected chi connectivity index (χ0v) is 14.7. The van der Waals surface area contributed by atoms with Crippen molar-refractivity contribution in [3.63, 3.8) is 0 Å². The van der Waals surface area contributed by atoms with Crippen molar-refractivity contribution >= 4 is 5.91 Å². The normalized spacial score (nSPS) is 21.8. The topological polar surface area (TPSA) is 44.8 Å². The van der Waals surface area contributed by atoms with E-state index in [4.69, 9.17) is 4.74 Å². The number of aryl methyl sites for hydroxylation is 1. The molecule has 0 aromatic heterocycles. The first-order chi connectivity index (χ1) is 11.7.